The molecule has 3 nitrogen and oxygen atoms in total. The highest BCUT2D eigenvalue weighted by Gasteiger charge is 2.31. The van der Waals surface area contributed by atoms with Crippen LogP contribution in [0, 0.1) is 17.7 Å². The van der Waals surface area contributed by atoms with Crippen LogP contribution in [0.4, 0.5) is 4.39 Å². The van der Waals surface area contributed by atoms with Gasteiger partial charge in [0, 0.05) is 18.7 Å². The first-order chi connectivity index (χ1) is 8.63. The molecule has 0 aromatic heterocycles. The second-order valence-corrected chi connectivity index (χ2v) is 4.35. The van der Waals surface area contributed by atoms with Crippen LogP contribution in [0.2, 0.25) is 0 Å². The first kappa shape index (κ1) is 12.6. The number of nitrogens with zero attached hydrogens (tertiary/aromatic N) is 1. The average Bonchev–Trinajstić information content (AvgIpc) is 3.19. The topological polar surface area (TPSA) is 46.3 Å². The van der Waals surface area contributed by atoms with Crippen LogP contribution in [-0.2, 0) is 0 Å². The number of hydrogen-bond acceptors (Lipinski definition) is 2. The first-order valence-electron chi connectivity index (χ1n) is 5.89. The molecule has 2 rings (SSSR count). The Morgan fingerprint density at radius 2 is 2.28 bits per heavy atom. The molecular weight excluding hydrogens is 231 g/mol. The number of carbonyl (C=O) groups is 1. The minimum Gasteiger partial charge on any atom is -0.339 e. The summed E-state index contributed by atoms with van der Waals surface area (Å²) in [7, 11) is 1.71. The Balaban J connectivity index is 2.21. The summed E-state index contributed by atoms with van der Waals surface area (Å²) in [5.74, 6) is 4.58. The number of benzene rings is 1. The van der Waals surface area contributed by atoms with E-state index >= 15 is 0 Å². The Kier molecular flexibility index (Phi) is 3.63. The molecule has 4 heteroatoms. The van der Waals surface area contributed by atoms with Gasteiger partial charge >= 0.3 is 0 Å². The van der Waals surface area contributed by atoms with Gasteiger partial charge in [-0.1, -0.05) is 11.8 Å². The van der Waals surface area contributed by atoms with Crippen molar-refractivity contribution in [3.05, 3.63) is 35.1 Å². The lowest BCUT2D eigenvalue weighted by atomic mass is 10.1. The summed E-state index contributed by atoms with van der Waals surface area (Å²) in [6.45, 7) is 0.229. The van der Waals surface area contributed by atoms with Crippen molar-refractivity contribution in [1.82, 2.24) is 4.90 Å². The molecule has 0 spiro atoms. The minimum atomic E-state index is -0.531. The lowest BCUT2D eigenvalue weighted by Crippen LogP contribution is -2.29. The third kappa shape index (κ3) is 2.69. The van der Waals surface area contributed by atoms with Gasteiger partial charge in [0.05, 0.1) is 12.1 Å². The highest BCUT2D eigenvalue weighted by molar-refractivity contribution is 5.94. The van der Waals surface area contributed by atoms with E-state index < -0.39 is 5.82 Å². The zero-order chi connectivity index (χ0) is 13.1. The summed E-state index contributed by atoms with van der Waals surface area (Å²) < 4.78 is 13.8. The minimum absolute atomic E-state index is 0.0997. The van der Waals surface area contributed by atoms with Gasteiger partial charge in [-0.25, -0.2) is 4.39 Å². The largest absolute Gasteiger partial charge is 0.339 e. The molecule has 0 heterocycles. The van der Waals surface area contributed by atoms with E-state index in [1.165, 1.54) is 12.1 Å². The molecule has 18 heavy (non-hydrogen) atoms. The van der Waals surface area contributed by atoms with Crippen LogP contribution in [0.15, 0.2) is 18.2 Å². The fraction of sp³-hybridized carbons (Fsp3) is 0.357. The number of rotatable bonds is 2. The fourth-order valence-electron chi connectivity index (χ4n) is 1.74. The predicted octanol–water partition coefficient (Wildman–Crippen LogP) is 1.37. The van der Waals surface area contributed by atoms with Gasteiger partial charge < -0.3 is 10.6 Å². The molecule has 0 aliphatic heterocycles. The van der Waals surface area contributed by atoms with E-state index in [1.54, 1.807) is 18.0 Å². The molecule has 1 aromatic rings. The Morgan fingerprint density at radius 3 is 2.83 bits per heavy atom. The second kappa shape index (κ2) is 5.19. The Bertz CT molecular complexity index is 526. The lowest BCUT2D eigenvalue weighted by molar-refractivity contribution is 0.0780. The number of amides is 1. The highest BCUT2D eigenvalue weighted by Crippen LogP contribution is 2.27. The van der Waals surface area contributed by atoms with Crippen LogP contribution in [0.3, 0.4) is 0 Å². The van der Waals surface area contributed by atoms with E-state index in [-0.39, 0.29) is 24.1 Å². The van der Waals surface area contributed by atoms with Gasteiger partial charge in [0.25, 0.3) is 5.91 Å². The highest BCUT2D eigenvalue weighted by atomic mass is 19.1. The van der Waals surface area contributed by atoms with E-state index in [1.807, 2.05) is 0 Å². The smallest absolute Gasteiger partial charge is 0.256 e. The van der Waals surface area contributed by atoms with Gasteiger partial charge in [0.15, 0.2) is 0 Å². The summed E-state index contributed by atoms with van der Waals surface area (Å²) >= 11 is 0. The maximum Gasteiger partial charge on any atom is 0.256 e. The van der Waals surface area contributed by atoms with Crippen LogP contribution in [0.25, 0.3) is 0 Å². The molecule has 0 radical (unpaired) electrons. The standard InChI is InChI=1S/C14H15FN2O/c1-17(11-5-6-11)14(18)12-7-4-10(3-2-8-16)9-13(12)15/h4,7,9,11H,5-6,8,16H2,1H3. The summed E-state index contributed by atoms with van der Waals surface area (Å²) in [6, 6.07) is 4.67. The molecule has 1 amide bonds. The summed E-state index contributed by atoms with van der Waals surface area (Å²) in [4.78, 5) is 13.6. The zero-order valence-electron chi connectivity index (χ0n) is 10.2. The van der Waals surface area contributed by atoms with Crippen molar-refractivity contribution in [2.75, 3.05) is 13.6 Å². The Hall–Kier alpha value is -1.86. The Morgan fingerprint density at radius 1 is 1.56 bits per heavy atom. The molecule has 1 aliphatic rings. The Labute approximate surface area is 106 Å². The lowest BCUT2D eigenvalue weighted by Gasteiger charge is -2.16. The molecule has 1 aliphatic carbocycles. The van der Waals surface area contributed by atoms with Crippen molar-refractivity contribution in [2.45, 2.75) is 18.9 Å². The zero-order valence-corrected chi connectivity index (χ0v) is 10.2. The number of nitrogens with two attached hydrogens (primary N) is 1. The van der Waals surface area contributed by atoms with Gasteiger partial charge in [-0.05, 0) is 31.0 Å². The number of hydrogen-bond donors (Lipinski definition) is 1. The van der Waals surface area contributed by atoms with Crippen LogP contribution < -0.4 is 5.73 Å². The molecule has 94 valence electrons. The van der Waals surface area contributed by atoms with Crippen LogP contribution in [0.1, 0.15) is 28.8 Å². The average molecular weight is 246 g/mol. The normalized spacial score (nSPS) is 13.7. The van der Waals surface area contributed by atoms with Gasteiger partial charge in [0.2, 0.25) is 0 Å². The summed E-state index contributed by atoms with van der Waals surface area (Å²) in [5, 5.41) is 0. The second-order valence-electron chi connectivity index (χ2n) is 4.35. The quantitative estimate of drug-likeness (QED) is 0.801. The molecule has 0 saturated heterocycles. The van der Waals surface area contributed by atoms with Crippen molar-refractivity contribution >= 4 is 5.91 Å². The fourth-order valence-corrected chi connectivity index (χ4v) is 1.74. The molecule has 1 saturated carbocycles. The van der Waals surface area contributed by atoms with E-state index in [9.17, 15) is 9.18 Å². The van der Waals surface area contributed by atoms with Gasteiger partial charge in [0.1, 0.15) is 5.82 Å². The van der Waals surface area contributed by atoms with Crippen molar-refractivity contribution in [2.24, 2.45) is 5.73 Å². The molecule has 1 fully saturated rings. The third-order valence-corrected chi connectivity index (χ3v) is 2.95. The van der Waals surface area contributed by atoms with Crippen molar-refractivity contribution in [3.8, 4) is 11.8 Å². The third-order valence-electron chi connectivity index (χ3n) is 2.95. The van der Waals surface area contributed by atoms with E-state index in [2.05, 4.69) is 11.8 Å². The van der Waals surface area contributed by atoms with E-state index in [0.717, 1.165) is 12.8 Å². The molecular formula is C14H15FN2O. The SMILES string of the molecule is CN(C(=O)c1ccc(C#CCN)cc1F)C1CC1. The molecule has 0 atom stereocenters. The van der Waals surface area contributed by atoms with Gasteiger partial charge in [-0.15, -0.1) is 0 Å². The van der Waals surface area contributed by atoms with E-state index in [0.29, 0.717) is 5.56 Å². The molecule has 0 bridgehead atoms. The van der Waals surface area contributed by atoms with Crippen LogP contribution in [-0.4, -0.2) is 30.4 Å². The monoisotopic (exact) mass is 246 g/mol. The molecule has 2 N–H and O–H groups in total. The van der Waals surface area contributed by atoms with Gasteiger partial charge in [-0.2, -0.15) is 0 Å². The molecule has 1 aromatic carbocycles. The van der Waals surface area contributed by atoms with E-state index in [4.69, 9.17) is 5.73 Å². The predicted molar refractivity (Wildman–Crippen MR) is 67.4 cm³/mol. The maximum absolute atomic E-state index is 13.8. The maximum atomic E-state index is 13.8. The summed E-state index contributed by atoms with van der Waals surface area (Å²) in [5.41, 5.74) is 5.88. The van der Waals surface area contributed by atoms with Crippen LogP contribution in [0.5, 0.6) is 0 Å². The van der Waals surface area contributed by atoms with Crippen molar-refractivity contribution in [1.29, 1.82) is 0 Å². The van der Waals surface area contributed by atoms with Crippen molar-refractivity contribution in [3.63, 3.8) is 0 Å². The number of halogens is 1. The summed E-state index contributed by atoms with van der Waals surface area (Å²) in [6.07, 6.45) is 2.01. The first-order valence-corrected chi connectivity index (χ1v) is 5.89. The molecule has 0 unspecified atom stereocenters. The van der Waals surface area contributed by atoms with Crippen molar-refractivity contribution < 1.29 is 9.18 Å². The van der Waals surface area contributed by atoms with Crippen LogP contribution >= 0.6 is 0 Å². The number of carbonyl (C=O) groups excluding carboxylic acids is 1. The van der Waals surface area contributed by atoms with Gasteiger partial charge in [-0.3, -0.25) is 4.79 Å².